The molecule has 0 fully saturated rings. The monoisotopic (exact) mass is 292 g/mol. The van der Waals surface area contributed by atoms with Gasteiger partial charge in [0.25, 0.3) is 0 Å². The van der Waals surface area contributed by atoms with Crippen LogP contribution < -0.4 is 10.6 Å². The van der Waals surface area contributed by atoms with Crippen molar-refractivity contribution in [3.63, 3.8) is 0 Å². The van der Waals surface area contributed by atoms with E-state index in [4.69, 9.17) is 11.6 Å². The van der Waals surface area contributed by atoms with Gasteiger partial charge in [-0.3, -0.25) is 0 Å². The highest BCUT2D eigenvalue weighted by atomic mass is 35.5. The lowest BCUT2D eigenvalue weighted by Crippen LogP contribution is -2.34. The zero-order valence-electron chi connectivity index (χ0n) is 10.7. The van der Waals surface area contributed by atoms with Gasteiger partial charge < -0.3 is 10.6 Å². The SMILES string of the molecule is O=C(NCc1cccc(F)c1)NCc1ccccc1Cl. The van der Waals surface area contributed by atoms with Crippen LogP contribution in [0.3, 0.4) is 0 Å². The zero-order valence-corrected chi connectivity index (χ0v) is 11.5. The van der Waals surface area contributed by atoms with Gasteiger partial charge in [0.15, 0.2) is 0 Å². The van der Waals surface area contributed by atoms with Crippen molar-refractivity contribution in [2.24, 2.45) is 0 Å². The van der Waals surface area contributed by atoms with E-state index < -0.39 is 0 Å². The van der Waals surface area contributed by atoms with Crippen molar-refractivity contribution < 1.29 is 9.18 Å². The quantitative estimate of drug-likeness (QED) is 0.890. The van der Waals surface area contributed by atoms with Gasteiger partial charge in [0.1, 0.15) is 5.82 Å². The minimum Gasteiger partial charge on any atom is -0.334 e. The molecule has 2 aromatic carbocycles. The fraction of sp³-hybridized carbons (Fsp3) is 0.133. The molecule has 2 amide bonds. The molecular formula is C15H14ClFN2O. The Morgan fingerprint density at radius 1 is 1.05 bits per heavy atom. The lowest BCUT2D eigenvalue weighted by Gasteiger charge is -2.09. The Balaban J connectivity index is 1.80. The smallest absolute Gasteiger partial charge is 0.315 e. The van der Waals surface area contributed by atoms with E-state index in [9.17, 15) is 9.18 Å². The number of amides is 2. The molecule has 0 aliphatic heterocycles. The third-order valence-electron chi connectivity index (χ3n) is 2.74. The maximum absolute atomic E-state index is 13.0. The summed E-state index contributed by atoms with van der Waals surface area (Å²) in [5.74, 6) is -0.319. The molecule has 0 unspecified atom stereocenters. The molecule has 2 rings (SSSR count). The second kappa shape index (κ2) is 6.91. The van der Waals surface area contributed by atoms with Gasteiger partial charge in [0, 0.05) is 18.1 Å². The number of benzene rings is 2. The number of hydrogen-bond acceptors (Lipinski definition) is 1. The number of halogens is 2. The molecule has 0 aliphatic carbocycles. The Morgan fingerprint density at radius 2 is 1.80 bits per heavy atom. The molecule has 0 atom stereocenters. The first-order chi connectivity index (χ1) is 9.65. The first-order valence-corrected chi connectivity index (χ1v) is 6.52. The number of carbonyl (C=O) groups excluding carboxylic acids is 1. The highest BCUT2D eigenvalue weighted by molar-refractivity contribution is 6.31. The van der Waals surface area contributed by atoms with E-state index in [1.54, 1.807) is 18.2 Å². The maximum Gasteiger partial charge on any atom is 0.315 e. The van der Waals surface area contributed by atoms with Crippen LogP contribution in [0.15, 0.2) is 48.5 Å². The summed E-state index contributed by atoms with van der Waals surface area (Å²) in [6, 6.07) is 13.1. The summed E-state index contributed by atoms with van der Waals surface area (Å²) in [7, 11) is 0. The Bertz CT molecular complexity index is 604. The number of nitrogens with one attached hydrogen (secondary N) is 2. The lowest BCUT2D eigenvalue weighted by molar-refractivity contribution is 0.240. The van der Waals surface area contributed by atoms with Crippen molar-refractivity contribution in [2.45, 2.75) is 13.1 Å². The highest BCUT2D eigenvalue weighted by Gasteiger charge is 2.03. The maximum atomic E-state index is 13.0. The Kier molecular flexibility index (Phi) is 4.96. The van der Waals surface area contributed by atoms with E-state index in [1.807, 2.05) is 18.2 Å². The first-order valence-electron chi connectivity index (χ1n) is 6.15. The minimum absolute atomic E-state index is 0.270. The Morgan fingerprint density at radius 3 is 2.55 bits per heavy atom. The summed E-state index contributed by atoms with van der Waals surface area (Å²) in [4.78, 5) is 11.6. The average Bonchev–Trinajstić information content (AvgIpc) is 2.44. The van der Waals surface area contributed by atoms with Gasteiger partial charge >= 0.3 is 6.03 Å². The summed E-state index contributed by atoms with van der Waals surface area (Å²) in [5.41, 5.74) is 1.55. The largest absolute Gasteiger partial charge is 0.334 e. The molecule has 2 aromatic rings. The molecule has 5 heteroatoms. The van der Waals surface area contributed by atoms with E-state index in [1.165, 1.54) is 12.1 Å². The number of rotatable bonds is 4. The summed E-state index contributed by atoms with van der Waals surface area (Å²) >= 11 is 5.98. The summed E-state index contributed by atoms with van der Waals surface area (Å²) in [5, 5.41) is 5.96. The molecular weight excluding hydrogens is 279 g/mol. The second-order valence-corrected chi connectivity index (χ2v) is 4.66. The van der Waals surface area contributed by atoms with Gasteiger partial charge in [-0.1, -0.05) is 41.9 Å². The van der Waals surface area contributed by atoms with Gasteiger partial charge in [-0.15, -0.1) is 0 Å². The topological polar surface area (TPSA) is 41.1 Å². The highest BCUT2D eigenvalue weighted by Crippen LogP contribution is 2.14. The van der Waals surface area contributed by atoms with Crippen LogP contribution in [0.2, 0.25) is 5.02 Å². The van der Waals surface area contributed by atoms with Gasteiger partial charge in [0.05, 0.1) is 0 Å². The number of hydrogen-bond donors (Lipinski definition) is 2. The van der Waals surface area contributed by atoms with Crippen LogP contribution in [0.5, 0.6) is 0 Å². The normalized spacial score (nSPS) is 10.1. The number of urea groups is 1. The molecule has 3 nitrogen and oxygen atoms in total. The van der Waals surface area contributed by atoms with Crippen molar-refractivity contribution in [1.29, 1.82) is 0 Å². The molecule has 0 heterocycles. The zero-order chi connectivity index (χ0) is 14.4. The molecule has 104 valence electrons. The molecule has 2 N–H and O–H groups in total. The van der Waals surface area contributed by atoms with Crippen molar-refractivity contribution in [1.82, 2.24) is 10.6 Å². The standard InChI is InChI=1S/C15H14ClFN2O/c16-14-7-2-1-5-12(14)10-19-15(20)18-9-11-4-3-6-13(17)8-11/h1-8H,9-10H2,(H2,18,19,20). The van der Waals surface area contributed by atoms with Gasteiger partial charge in [-0.05, 0) is 29.3 Å². The summed E-state index contributed by atoms with van der Waals surface area (Å²) in [6.07, 6.45) is 0. The average molecular weight is 293 g/mol. The van der Waals surface area contributed by atoms with Crippen LogP contribution in [-0.2, 0) is 13.1 Å². The minimum atomic E-state index is -0.325. The molecule has 0 aliphatic rings. The summed E-state index contributed by atoms with van der Waals surface area (Å²) < 4.78 is 13.0. The van der Waals surface area contributed by atoms with Crippen LogP contribution in [0.25, 0.3) is 0 Å². The van der Waals surface area contributed by atoms with Crippen LogP contribution >= 0.6 is 11.6 Å². The first kappa shape index (κ1) is 14.3. The molecule has 20 heavy (non-hydrogen) atoms. The van der Waals surface area contributed by atoms with E-state index >= 15 is 0 Å². The Hall–Kier alpha value is -2.07. The van der Waals surface area contributed by atoms with Gasteiger partial charge in [-0.2, -0.15) is 0 Å². The molecule has 0 saturated carbocycles. The van der Waals surface area contributed by atoms with Crippen molar-refractivity contribution >= 4 is 17.6 Å². The Labute approximate surface area is 121 Å². The van der Waals surface area contributed by atoms with Crippen LogP contribution in [0.1, 0.15) is 11.1 Å². The van der Waals surface area contributed by atoms with Gasteiger partial charge in [0.2, 0.25) is 0 Å². The van der Waals surface area contributed by atoms with Crippen LogP contribution in [-0.4, -0.2) is 6.03 Å². The third-order valence-corrected chi connectivity index (χ3v) is 3.11. The van der Waals surface area contributed by atoms with E-state index in [0.29, 0.717) is 17.1 Å². The van der Waals surface area contributed by atoms with Crippen molar-refractivity contribution in [3.05, 3.63) is 70.5 Å². The lowest BCUT2D eigenvalue weighted by atomic mass is 10.2. The molecule has 0 radical (unpaired) electrons. The summed E-state index contributed by atoms with van der Waals surface area (Å²) in [6.45, 7) is 0.612. The number of carbonyl (C=O) groups is 1. The van der Waals surface area contributed by atoms with E-state index in [2.05, 4.69) is 10.6 Å². The third kappa shape index (κ3) is 4.24. The van der Waals surface area contributed by atoms with Crippen molar-refractivity contribution in [3.8, 4) is 0 Å². The van der Waals surface area contributed by atoms with E-state index in [0.717, 1.165) is 5.56 Å². The molecule has 0 saturated heterocycles. The second-order valence-electron chi connectivity index (χ2n) is 4.26. The van der Waals surface area contributed by atoms with Crippen molar-refractivity contribution in [2.75, 3.05) is 0 Å². The fourth-order valence-electron chi connectivity index (χ4n) is 1.71. The molecule has 0 spiro atoms. The van der Waals surface area contributed by atoms with E-state index in [-0.39, 0.29) is 18.4 Å². The van der Waals surface area contributed by atoms with Gasteiger partial charge in [-0.25, -0.2) is 9.18 Å². The predicted molar refractivity (Wildman–Crippen MR) is 76.9 cm³/mol. The van der Waals surface area contributed by atoms with Crippen LogP contribution in [0, 0.1) is 5.82 Å². The fourth-order valence-corrected chi connectivity index (χ4v) is 1.91. The molecule has 0 bridgehead atoms. The molecule has 0 aromatic heterocycles. The predicted octanol–water partition coefficient (Wildman–Crippen LogP) is 3.48. The van der Waals surface area contributed by atoms with Crippen LogP contribution in [0.4, 0.5) is 9.18 Å².